The molecule has 0 N–H and O–H groups in total. The largest absolute Gasteiger partial charge is 0 e. The summed E-state index contributed by atoms with van der Waals surface area (Å²) < 4.78 is 0. The van der Waals surface area contributed by atoms with E-state index < -0.39 is 0 Å². The summed E-state index contributed by atoms with van der Waals surface area (Å²) in [4.78, 5) is 0. The van der Waals surface area contributed by atoms with Crippen LogP contribution >= 0.6 is 0 Å². The van der Waals surface area contributed by atoms with Gasteiger partial charge in [0, 0.05) is 65.9 Å². The predicted octanol–water partition coefficient (Wildman–Crippen LogP) is -0.388. The van der Waals surface area contributed by atoms with E-state index in [0.29, 0.717) is 0 Å². The van der Waals surface area contributed by atoms with E-state index in [2.05, 4.69) is 0 Å². The van der Waals surface area contributed by atoms with Gasteiger partial charge >= 0.3 is 0 Å². The Balaban J connectivity index is 0. The molecule has 0 aliphatic heterocycles. The monoisotopic (exact) mass is 236 g/mol. The predicted molar refractivity (Wildman–Crippen MR) is 5.75 cm³/mol. The zero-order chi connectivity index (χ0) is 0. The summed E-state index contributed by atoms with van der Waals surface area (Å²) in [6, 6.07) is 0. The van der Waals surface area contributed by atoms with Crippen LogP contribution in [-0.4, -0.2) is 11.0 Å². The van der Waals surface area contributed by atoms with Crippen LogP contribution in [0.15, 0.2) is 0 Å². The second kappa shape index (κ2) is 20.4. The van der Waals surface area contributed by atoms with Crippen molar-refractivity contribution in [1.82, 2.24) is 0 Å². The zero-order valence-corrected chi connectivity index (χ0v) is 6.90. The van der Waals surface area contributed by atoms with Gasteiger partial charge in [0.15, 0.2) is 0 Å². The Morgan fingerprint density at radius 1 is 1.00 bits per heavy atom. The second-order valence-corrected chi connectivity index (χ2v) is 0. The number of hydrogen-bond acceptors (Lipinski definition) is 0. The first-order chi connectivity index (χ1) is 0. The van der Waals surface area contributed by atoms with E-state index >= 15 is 0 Å². The smallest absolute Gasteiger partial charge is 0 e. The van der Waals surface area contributed by atoms with Gasteiger partial charge in [-0.15, -0.1) is 0 Å². The van der Waals surface area contributed by atoms with E-state index in [1.807, 2.05) is 0 Å². The van der Waals surface area contributed by atoms with Crippen LogP contribution in [0.5, 0.6) is 0 Å². The summed E-state index contributed by atoms with van der Waals surface area (Å²) in [5, 5.41) is 0. The van der Waals surface area contributed by atoms with Gasteiger partial charge in [0.1, 0.15) is 0 Å². The summed E-state index contributed by atoms with van der Waals surface area (Å²) in [5.41, 5.74) is 0. The van der Waals surface area contributed by atoms with Gasteiger partial charge in [0.25, 0.3) is 0 Å². The molecule has 0 atom stereocenters. The standard InChI is InChI=1S/Cr.Mo.Ni.Si. The fraction of sp³-hybridized carbons (Fsp3) is 0. The first kappa shape index (κ1) is 38.7. The van der Waals surface area contributed by atoms with Crippen LogP contribution in [0.3, 0.4) is 0 Å². The van der Waals surface area contributed by atoms with Gasteiger partial charge in [-0.25, -0.2) is 0 Å². The molecule has 4 radical (unpaired) electrons. The van der Waals surface area contributed by atoms with Crippen molar-refractivity contribution in [2.75, 3.05) is 0 Å². The SMILES string of the molecule is [Cr].[Mo].[Ni].[Si]. The van der Waals surface area contributed by atoms with Crippen molar-refractivity contribution in [2.45, 2.75) is 0 Å². The molecule has 0 saturated heterocycles. The van der Waals surface area contributed by atoms with Crippen molar-refractivity contribution in [3.63, 3.8) is 0 Å². The summed E-state index contributed by atoms with van der Waals surface area (Å²) in [5.74, 6) is 0. The maximum absolute atomic E-state index is 0. The van der Waals surface area contributed by atoms with Crippen molar-refractivity contribution < 1.29 is 54.9 Å². The molecule has 26 valence electrons. The fourth-order valence-electron chi connectivity index (χ4n) is 0. The van der Waals surface area contributed by atoms with E-state index in [-0.39, 0.29) is 65.9 Å². The molecule has 0 rings (SSSR count). The first-order valence-corrected chi connectivity index (χ1v) is 0. The second-order valence-electron chi connectivity index (χ2n) is 0. The van der Waals surface area contributed by atoms with Gasteiger partial charge < -0.3 is 0 Å². The Morgan fingerprint density at radius 3 is 1.00 bits per heavy atom. The summed E-state index contributed by atoms with van der Waals surface area (Å²) in [6.45, 7) is 0. The molecule has 0 heterocycles. The van der Waals surface area contributed by atoms with E-state index in [1.54, 1.807) is 0 Å². The molecule has 0 saturated carbocycles. The van der Waals surface area contributed by atoms with Crippen molar-refractivity contribution in [1.29, 1.82) is 0 Å². The molecule has 0 nitrogen and oxygen atoms in total. The van der Waals surface area contributed by atoms with Crippen LogP contribution in [0, 0.1) is 0 Å². The van der Waals surface area contributed by atoms with Crippen LogP contribution in [0.4, 0.5) is 0 Å². The van der Waals surface area contributed by atoms with Crippen molar-refractivity contribution in [3.8, 4) is 0 Å². The van der Waals surface area contributed by atoms with E-state index in [9.17, 15) is 0 Å². The molecule has 0 aromatic carbocycles. The molecule has 0 aromatic rings. The third kappa shape index (κ3) is 9.06. The first-order valence-electron chi connectivity index (χ1n) is 0. The summed E-state index contributed by atoms with van der Waals surface area (Å²) >= 11 is 0. The Labute approximate surface area is 65.5 Å². The third-order valence-electron chi connectivity index (χ3n) is 0. The topological polar surface area (TPSA) is 0 Å². The van der Waals surface area contributed by atoms with E-state index in [1.165, 1.54) is 0 Å². The van der Waals surface area contributed by atoms with Crippen LogP contribution < -0.4 is 0 Å². The molecule has 0 amide bonds. The van der Waals surface area contributed by atoms with Gasteiger partial charge in [-0.3, -0.25) is 0 Å². The molecule has 0 aliphatic rings. The molecule has 0 aliphatic carbocycles. The van der Waals surface area contributed by atoms with Crippen LogP contribution in [0.1, 0.15) is 0 Å². The van der Waals surface area contributed by atoms with Gasteiger partial charge in [-0.2, -0.15) is 0 Å². The zero-order valence-electron chi connectivity index (χ0n) is 1.63. The number of hydrogen-bond donors (Lipinski definition) is 0. The Bertz CT molecular complexity index is 8.00. The molecule has 4 heteroatoms. The molecule has 0 unspecified atom stereocenters. The molecular formula is CrMoNiSi. The Kier molecular flexibility index (Phi) is 198. The average Bonchev–Trinajstić information content (AvgIpc) is 0. The van der Waals surface area contributed by atoms with Crippen molar-refractivity contribution in [3.05, 3.63) is 0 Å². The van der Waals surface area contributed by atoms with Gasteiger partial charge in [-0.05, 0) is 0 Å². The Morgan fingerprint density at radius 2 is 1.00 bits per heavy atom. The number of rotatable bonds is 0. The van der Waals surface area contributed by atoms with Gasteiger partial charge in [0.05, 0.1) is 0 Å². The molecule has 4 heavy (non-hydrogen) atoms. The minimum Gasteiger partial charge on any atom is 0 e. The fourth-order valence-corrected chi connectivity index (χ4v) is 0. The van der Waals surface area contributed by atoms with Gasteiger partial charge in [-0.1, -0.05) is 0 Å². The summed E-state index contributed by atoms with van der Waals surface area (Å²) in [6.07, 6.45) is 0. The molecule has 0 spiro atoms. The Hall–Kier alpha value is 1.93. The third-order valence-corrected chi connectivity index (χ3v) is 0. The van der Waals surface area contributed by atoms with Crippen LogP contribution in [-0.2, 0) is 54.9 Å². The quantitative estimate of drug-likeness (QED) is 0.501. The van der Waals surface area contributed by atoms with Gasteiger partial charge in [0.2, 0.25) is 0 Å². The van der Waals surface area contributed by atoms with Crippen molar-refractivity contribution in [2.24, 2.45) is 0 Å². The van der Waals surface area contributed by atoms with E-state index in [0.717, 1.165) is 0 Å². The molecule has 0 bridgehead atoms. The summed E-state index contributed by atoms with van der Waals surface area (Å²) in [7, 11) is 0. The normalized spacial score (nSPS) is 0. The molecule has 0 aromatic heterocycles. The van der Waals surface area contributed by atoms with E-state index in [4.69, 9.17) is 0 Å². The van der Waals surface area contributed by atoms with Crippen LogP contribution in [0.25, 0.3) is 0 Å². The minimum absolute atomic E-state index is 0. The van der Waals surface area contributed by atoms with Crippen molar-refractivity contribution >= 4 is 11.0 Å². The maximum atomic E-state index is 0. The molecular weight excluding hydrogens is 235 g/mol. The maximum Gasteiger partial charge on any atom is 0 e. The molecule has 0 fully saturated rings. The minimum atomic E-state index is 0. The van der Waals surface area contributed by atoms with Crippen LogP contribution in [0.2, 0.25) is 0 Å². The average molecular weight is 235 g/mol.